The van der Waals surface area contributed by atoms with Crippen LogP contribution in [0.4, 0.5) is 0 Å². The van der Waals surface area contributed by atoms with Gasteiger partial charge in [0.05, 0.1) is 6.20 Å². The predicted molar refractivity (Wildman–Crippen MR) is 37.8 cm³/mol. The summed E-state index contributed by atoms with van der Waals surface area (Å²) < 4.78 is 1.53. The lowest BCUT2D eigenvalue weighted by Gasteiger charge is -1.85. The molecule has 2 heterocycles. The molecule has 0 fully saturated rings. The molecule has 0 saturated heterocycles. The summed E-state index contributed by atoms with van der Waals surface area (Å²) >= 11 is 0. The number of aromatic nitrogens is 3. The number of fused-ring (bicyclic) bond motifs is 1. The lowest BCUT2D eigenvalue weighted by atomic mass is 10.5. The second-order valence-electron chi connectivity index (χ2n) is 2.05. The van der Waals surface area contributed by atoms with Crippen LogP contribution in [0.2, 0.25) is 0 Å². The van der Waals surface area contributed by atoms with Crippen LogP contribution >= 0.6 is 0 Å². The van der Waals surface area contributed by atoms with Gasteiger partial charge in [0.2, 0.25) is 0 Å². The molecule has 0 unspecified atom stereocenters. The molecule has 11 heavy (non-hydrogen) atoms. The van der Waals surface area contributed by atoms with Gasteiger partial charge >= 0.3 is 0 Å². The smallest absolute Gasteiger partial charge is 0.255 e. The fourth-order valence-corrected chi connectivity index (χ4v) is 0.880. The van der Waals surface area contributed by atoms with Crippen LogP contribution in [-0.4, -0.2) is 20.9 Å². The molecule has 0 aliphatic heterocycles. The van der Waals surface area contributed by atoms with E-state index in [9.17, 15) is 4.79 Å². The van der Waals surface area contributed by atoms with Crippen LogP contribution in [0.5, 0.6) is 0 Å². The van der Waals surface area contributed by atoms with Gasteiger partial charge < -0.3 is 0 Å². The number of hydrogen-bond donors (Lipinski definition) is 0. The number of imidazole rings is 1. The maximum absolute atomic E-state index is 10.1. The van der Waals surface area contributed by atoms with Gasteiger partial charge in [-0.05, 0) is 12.1 Å². The lowest BCUT2D eigenvalue weighted by Crippen LogP contribution is -1.85. The molecule has 2 rings (SSSR count). The van der Waals surface area contributed by atoms with Gasteiger partial charge in [-0.1, -0.05) is 0 Å². The fraction of sp³-hybridized carbons (Fsp3) is 0. The Morgan fingerprint density at radius 2 is 2.45 bits per heavy atom. The highest BCUT2D eigenvalue weighted by atomic mass is 16.1. The Kier molecular flexibility index (Phi) is 1.18. The minimum Gasteiger partial charge on any atom is -0.283 e. The number of carbonyl (C=O) groups excluding carboxylic acids is 1. The van der Waals surface area contributed by atoms with Crippen LogP contribution in [-0.2, 0) is 4.79 Å². The maximum Gasteiger partial charge on any atom is 0.255 e. The monoisotopic (exact) mass is 146 g/mol. The van der Waals surface area contributed by atoms with Crippen molar-refractivity contribution < 1.29 is 4.79 Å². The molecule has 0 aliphatic carbocycles. The molecule has 4 heteroatoms. The lowest BCUT2D eigenvalue weighted by molar-refractivity contribution is 0.561. The van der Waals surface area contributed by atoms with Crippen molar-refractivity contribution in [1.29, 1.82) is 0 Å². The summed E-state index contributed by atoms with van der Waals surface area (Å²) in [5.41, 5.74) is 0.939. The van der Waals surface area contributed by atoms with Gasteiger partial charge in [-0.15, -0.1) is 0 Å². The largest absolute Gasteiger partial charge is 0.283 e. The number of rotatable bonds is 1. The summed E-state index contributed by atoms with van der Waals surface area (Å²) in [6.07, 6.45) is 4.85. The van der Waals surface area contributed by atoms with E-state index in [0.29, 0.717) is 5.65 Å². The molecule has 0 spiro atoms. The molecule has 2 aromatic heterocycles. The first kappa shape index (κ1) is 6.03. The van der Waals surface area contributed by atoms with Crippen molar-refractivity contribution in [2.45, 2.75) is 0 Å². The topological polar surface area (TPSA) is 47.3 Å². The number of nitrogens with zero attached hydrogens (tertiary/aromatic N) is 3. The van der Waals surface area contributed by atoms with Crippen molar-refractivity contribution in [3.8, 4) is 0 Å². The quantitative estimate of drug-likeness (QED) is 0.576. The SMILES string of the molecule is O=[C]c1cn2ncccc2n1. The van der Waals surface area contributed by atoms with E-state index in [1.807, 2.05) is 0 Å². The zero-order valence-corrected chi connectivity index (χ0v) is 5.56. The second kappa shape index (κ2) is 2.16. The third-order valence-corrected chi connectivity index (χ3v) is 1.34. The molecule has 2 aromatic rings. The molecule has 1 radical (unpaired) electrons. The van der Waals surface area contributed by atoms with E-state index in [2.05, 4.69) is 10.1 Å². The minimum atomic E-state index is 0.281. The van der Waals surface area contributed by atoms with Crippen molar-refractivity contribution in [2.24, 2.45) is 0 Å². The van der Waals surface area contributed by atoms with Gasteiger partial charge in [-0.2, -0.15) is 5.10 Å². The first-order valence-electron chi connectivity index (χ1n) is 3.09. The van der Waals surface area contributed by atoms with Gasteiger partial charge in [-0.3, -0.25) is 4.79 Å². The zero-order valence-electron chi connectivity index (χ0n) is 5.56. The van der Waals surface area contributed by atoms with E-state index in [1.54, 1.807) is 24.6 Å². The Labute approximate surface area is 62.5 Å². The van der Waals surface area contributed by atoms with Gasteiger partial charge in [0, 0.05) is 6.20 Å². The van der Waals surface area contributed by atoms with Crippen molar-refractivity contribution in [3.05, 3.63) is 30.2 Å². The van der Waals surface area contributed by atoms with Crippen LogP contribution < -0.4 is 0 Å². The summed E-state index contributed by atoms with van der Waals surface area (Å²) in [4.78, 5) is 14.1. The Hall–Kier alpha value is -1.71. The van der Waals surface area contributed by atoms with Crippen LogP contribution in [0.15, 0.2) is 24.5 Å². The summed E-state index contributed by atoms with van der Waals surface area (Å²) in [6, 6.07) is 3.53. The van der Waals surface area contributed by atoms with Crippen molar-refractivity contribution in [2.75, 3.05) is 0 Å². The minimum absolute atomic E-state index is 0.281. The standard InChI is InChI=1S/C7H4N3O/c11-5-6-4-10-7(9-6)2-1-3-8-10/h1-4H. The summed E-state index contributed by atoms with van der Waals surface area (Å²) in [7, 11) is 0. The van der Waals surface area contributed by atoms with Crippen LogP contribution in [0.3, 0.4) is 0 Å². The number of hydrogen-bond acceptors (Lipinski definition) is 3. The fourth-order valence-electron chi connectivity index (χ4n) is 0.880. The normalized spacial score (nSPS) is 10.2. The van der Waals surface area contributed by atoms with Crippen molar-refractivity contribution in [3.63, 3.8) is 0 Å². The molecule has 0 bridgehead atoms. The highest BCUT2D eigenvalue weighted by molar-refractivity contribution is 5.73. The first-order valence-corrected chi connectivity index (χ1v) is 3.09. The molecule has 53 valence electrons. The third kappa shape index (κ3) is 0.881. The van der Waals surface area contributed by atoms with Gasteiger partial charge in [0.25, 0.3) is 6.29 Å². The van der Waals surface area contributed by atoms with Crippen molar-refractivity contribution >= 4 is 11.9 Å². The van der Waals surface area contributed by atoms with Crippen LogP contribution in [0, 0.1) is 0 Å². The third-order valence-electron chi connectivity index (χ3n) is 1.34. The van der Waals surface area contributed by atoms with Crippen molar-refractivity contribution in [1.82, 2.24) is 14.6 Å². The molecule has 0 amide bonds. The molecule has 0 aromatic carbocycles. The maximum atomic E-state index is 10.1. The Morgan fingerprint density at radius 3 is 3.18 bits per heavy atom. The Balaban J connectivity index is 2.78. The molecule has 0 aliphatic rings. The van der Waals surface area contributed by atoms with E-state index in [1.165, 1.54) is 10.7 Å². The molecule has 0 saturated carbocycles. The average molecular weight is 146 g/mol. The van der Waals surface area contributed by atoms with E-state index >= 15 is 0 Å². The molecular formula is C7H4N3O. The first-order chi connectivity index (χ1) is 5.40. The van der Waals surface area contributed by atoms with Gasteiger partial charge in [0.15, 0.2) is 5.65 Å². The van der Waals surface area contributed by atoms with Gasteiger partial charge in [-0.25, -0.2) is 9.50 Å². The average Bonchev–Trinajstić information content (AvgIpc) is 2.46. The Bertz CT molecular complexity index is 360. The van der Waals surface area contributed by atoms with E-state index in [0.717, 1.165) is 0 Å². The van der Waals surface area contributed by atoms with E-state index < -0.39 is 0 Å². The Morgan fingerprint density at radius 1 is 1.55 bits per heavy atom. The summed E-state index contributed by atoms with van der Waals surface area (Å²) in [5.74, 6) is 0. The highest BCUT2D eigenvalue weighted by Gasteiger charge is 1.98. The highest BCUT2D eigenvalue weighted by Crippen LogP contribution is 1.98. The van der Waals surface area contributed by atoms with Crippen LogP contribution in [0.25, 0.3) is 5.65 Å². The summed E-state index contributed by atoms with van der Waals surface area (Å²) in [5, 5.41) is 3.93. The van der Waals surface area contributed by atoms with Crippen LogP contribution in [0.1, 0.15) is 5.69 Å². The van der Waals surface area contributed by atoms with E-state index in [-0.39, 0.29) is 5.69 Å². The molecule has 0 N–H and O–H groups in total. The molecule has 0 atom stereocenters. The molecule has 4 nitrogen and oxygen atoms in total. The molecular weight excluding hydrogens is 142 g/mol. The zero-order chi connectivity index (χ0) is 7.68. The second-order valence-corrected chi connectivity index (χ2v) is 2.05. The predicted octanol–water partition coefficient (Wildman–Crippen LogP) is 0.187. The van der Waals surface area contributed by atoms with Gasteiger partial charge in [0.1, 0.15) is 5.69 Å². The summed E-state index contributed by atoms with van der Waals surface area (Å²) in [6.45, 7) is 0. The van der Waals surface area contributed by atoms with E-state index in [4.69, 9.17) is 0 Å².